The molecule has 0 fully saturated rings. The van der Waals surface area contributed by atoms with E-state index >= 15 is 0 Å². The highest BCUT2D eigenvalue weighted by atomic mass is 35.5. The summed E-state index contributed by atoms with van der Waals surface area (Å²) in [4.78, 5) is 0. The van der Waals surface area contributed by atoms with E-state index in [4.69, 9.17) is 11.6 Å². The van der Waals surface area contributed by atoms with E-state index in [0.29, 0.717) is 6.42 Å². The third-order valence-electron chi connectivity index (χ3n) is 4.91. The lowest BCUT2D eigenvalue weighted by molar-refractivity contribution is -0.137. The van der Waals surface area contributed by atoms with Gasteiger partial charge >= 0.3 is 6.18 Å². The molecule has 0 aromatic heterocycles. The molecular formula is C24H18ClF3N2. The predicted molar refractivity (Wildman–Crippen MR) is 116 cm³/mol. The first-order valence-corrected chi connectivity index (χ1v) is 9.81. The Bertz CT molecular complexity index is 1080. The Morgan fingerprint density at radius 2 is 1.57 bits per heavy atom. The van der Waals surface area contributed by atoms with E-state index in [1.807, 2.05) is 72.8 Å². The molecule has 1 heterocycles. The van der Waals surface area contributed by atoms with Gasteiger partial charge in [-0.15, -0.1) is 0 Å². The van der Waals surface area contributed by atoms with Gasteiger partial charge in [0, 0.05) is 6.42 Å². The van der Waals surface area contributed by atoms with Gasteiger partial charge in [0.05, 0.1) is 28.0 Å². The topological polar surface area (TPSA) is 15.6 Å². The van der Waals surface area contributed by atoms with Gasteiger partial charge in [0.25, 0.3) is 0 Å². The summed E-state index contributed by atoms with van der Waals surface area (Å²) in [5.74, 6) is 0. The highest BCUT2D eigenvalue weighted by Crippen LogP contribution is 2.41. The molecule has 4 rings (SSSR count). The van der Waals surface area contributed by atoms with E-state index in [9.17, 15) is 13.2 Å². The summed E-state index contributed by atoms with van der Waals surface area (Å²) in [5.41, 5.74) is 2.23. The zero-order chi connectivity index (χ0) is 21.1. The van der Waals surface area contributed by atoms with Crippen molar-refractivity contribution in [2.45, 2.75) is 18.6 Å². The van der Waals surface area contributed by atoms with Crippen molar-refractivity contribution in [3.05, 3.63) is 107 Å². The van der Waals surface area contributed by atoms with Crippen LogP contribution in [-0.2, 0) is 6.18 Å². The summed E-state index contributed by atoms with van der Waals surface area (Å²) in [7, 11) is 0. The van der Waals surface area contributed by atoms with E-state index in [2.05, 4.69) is 5.10 Å². The minimum Gasteiger partial charge on any atom is -0.256 e. The second-order valence-electron chi connectivity index (χ2n) is 6.97. The Hall–Kier alpha value is -3.05. The van der Waals surface area contributed by atoms with Crippen molar-refractivity contribution in [3.8, 4) is 0 Å². The van der Waals surface area contributed by atoms with Crippen molar-refractivity contribution in [3.63, 3.8) is 0 Å². The van der Waals surface area contributed by atoms with Gasteiger partial charge in [-0.05, 0) is 35.4 Å². The monoisotopic (exact) mass is 426 g/mol. The summed E-state index contributed by atoms with van der Waals surface area (Å²) in [5, 5.41) is 6.44. The number of halogens is 4. The maximum atomic E-state index is 13.3. The molecule has 0 saturated carbocycles. The molecule has 1 aliphatic rings. The van der Waals surface area contributed by atoms with Crippen LogP contribution in [0.3, 0.4) is 0 Å². The molecule has 30 heavy (non-hydrogen) atoms. The largest absolute Gasteiger partial charge is 0.416 e. The van der Waals surface area contributed by atoms with Crippen LogP contribution in [0, 0.1) is 0 Å². The van der Waals surface area contributed by atoms with Crippen LogP contribution in [0.1, 0.15) is 29.2 Å². The molecule has 0 radical (unpaired) electrons. The van der Waals surface area contributed by atoms with Crippen LogP contribution in [0.2, 0.25) is 5.02 Å². The predicted octanol–water partition coefficient (Wildman–Crippen LogP) is 7.38. The van der Waals surface area contributed by atoms with Crippen LogP contribution in [-0.4, -0.2) is 5.71 Å². The van der Waals surface area contributed by atoms with Crippen molar-refractivity contribution in [1.29, 1.82) is 0 Å². The maximum Gasteiger partial charge on any atom is 0.416 e. The second-order valence-corrected chi connectivity index (χ2v) is 7.38. The molecule has 2 nitrogen and oxygen atoms in total. The van der Waals surface area contributed by atoms with E-state index in [1.54, 1.807) is 5.01 Å². The average molecular weight is 427 g/mol. The zero-order valence-corrected chi connectivity index (χ0v) is 16.6. The molecule has 0 saturated heterocycles. The minimum atomic E-state index is -4.46. The van der Waals surface area contributed by atoms with Crippen molar-refractivity contribution in [1.82, 2.24) is 0 Å². The Labute approximate surface area is 177 Å². The van der Waals surface area contributed by atoms with Crippen LogP contribution >= 0.6 is 11.6 Å². The molecule has 0 aliphatic carbocycles. The summed E-state index contributed by atoms with van der Waals surface area (Å²) in [6.07, 6.45) is -0.0636. The summed E-state index contributed by atoms with van der Waals surface area (Å²) < 4.78 is 39.8. The molecule has 1 atom stereocenters. The molecule has 0 amide bonds. The van der Waals surface area contributed by atoms with Crippen LogP contribution in [0.5, 0.6) is 0 Å². The Morgan fingerprint density at radius 1 is 0.900 bits per heavy atom. The number of hydrazone groups is 1. The van der Waals surface area contributed by atoms with Gasteiger partial charge in [-0.25, -0.2) is 0 Å². The van der Waals surface area contributed by atoms with Crippen molar-refractivity contribution >= 4 is 29.1 Å². The van der Waals surface area contributed by atoms with Gasteiger partial charge in [-0.2, -0.15) is 18.3 Å². The van der Waals surface area contributed by atoms with Gasteiger partial charge in [0.1, 0.15) is 0 Å². The second kappa shape index (κ2) is 8.36. The van der Waals surface area contributed by atoms with Crippen LogP contribution < -0.4 is 5.01 Å². The third kappa shape index (κ3) is 4.41. The first-order chi connectivity index (χ1) is 14.4. The van der Waals surface area contributed by atoms with E-state index in [-0.39, 0.29) is 16.8 Å². The summed E-state index contributed by atoms with van der Waals surface area (Å²) >= 11 is 6.30. The van der Waals surface area contributed by atoms with Gasteiger partial charge in [0.2, 0.25) is 0 Å². The number of hydrogen-bond acceptors (Lipinski definition) is 2. The van der Waals surface area contributed by atoms with Crippen molar-refractivity contribution in [2.24, 2.45) is 5.10 Å². The minimum absolute atomic E-state index is 0.223. The fraction of sp³-hybridized carbons (Fsp3) is 0.125. The Morgan fingerprint density at radius 3 is 2.23 bits per heavy atom. The number of allylic oxidation sites excluding steroid dienone is 1. The molecule has 0 spiro atoms. The summed E-state index contributed by atoms with van der Waals surface area (Å²) in [6.45, 7) is 0. The molecule has 3 aromatic carbocycles. The number of nitrogens with zero attached hydrogens (tertiary/aromatic N) is 2. The smallest absolute Gasteiger partial charge is 0.256 e. The number of hydrogen-bond donors (Lipinski definition) is 0. The number of benzene rings is 3. The lowest BCUT2D eigenvalue weighted by Crippen LogP contribution is -2.19. The maximum absolute atomic E-state index is 13.3. The molecule has 1 unspecified atom stereocenters. The Kier molecular flexibility index (Phi) is 5.64. The quantitative estimate of drug-likeness (QED) is 0.425. The molecular weight excluding hydrogens is 409 g/mol. The van der Waals surface area contributed by atoms with Crippen LogP contribution in [0.15, 0.2) is 90.0 Å². The van der Waals surface area contributed by atoms with E-state index < -0.39 is 11.7 Å². The zero-order valence-electron chi connectivity index (χ0n) is 15.9. The van der Waals surface area contributed by atoms with Crippen molar-refractivity contribution < 1.29 is 13.2 Å². The van der Waals surface area contributed by atoms with Crippen LogP contribution in [0.4, 0.5) is 18.9 Å². The molecule has 1 aliphatic heterocycles. The SMILES string of the molecule is FC(F)(F)c1ccc(Cl)c(N2N=C(C=Cc3ccccc3)CC2c2ccccc2)c1. The highest BCUT2D eigenvalue weighted by Gasteiger charge is 2.34. The van der Waals surface area contributed by atoms with Gasteiger partial charge in [-0.3, -0.25) is 5.01 Å². The molecule has 152 valence electrons. The fourth-order valence-electron chi connectivity index (χ4n) is 3.41. The van der Waals surface area contributed by atoms with Crippen LogP contribution in [0.25, 0.3) is 6.08 Å². The lowest BCUT2D eigenvalue weighted by atomic mass is 10.0. The first-order valence-electron chi connectivity index (χ1n) is 9.43. The first kappa shape index (κ1) is 20.2. The van der Waals surface area contributed by atoms with Gasteiger partial charge in [-0.1, -0.05) is 78.3 Å². The normalized spacial score (nSPS) is 16.9. The standard InChI is InChI=1S/C24H18ClF3N2/c25-21-14-12-19(24(26,27)28)15-23(21)30-22(18-9-5-2-6-10-18)16-20(29-30)13-11-17-7-3-1-4-8-17/h1-15,22H,16H2. The number of anilines is 1. The summed E-state index contributed by atoms with van der Waals surface area (Å²) in [6, 6.07) is 22.4. The van der Waals surface area contributed by atoms with E-state index in [1.165, 1.54) is 6.07 Å². The van der Waals surface area contributed by atoms with Crippen molar-refractivity contribution in [2.75, 3.05) is 5.01 Å². The number of rotatable bonds is 4. The average Bonchev–Trinajstić information content (AvgIpc) is 3.17. The molecule has 0 bridgehead atoms. The van der Waals surface area contributed by atoms with Gasteiger partial charge < -0.3 is 0 Å². The molecule has 6 heteroatoms. The Balaban J connectivity index is 1.73. The molecule has 3 aromatic rings. The van der Waals surface area contributed by atoms with E-state index in [0.717, 1.165) is 29.0 Å². The highest BCUT2D eigenvalue weighted by molar-refractivity contribution is 6.33. The third-order valence-corrected chi connectivity index (χ3v) is 5.23. The number of alkyl halides is 3. The molecule has 0 N–H and O–H groups in total. The van der Waals surface area contributed by atoms with Gasteiger partial charge in [0.15, 0.2) is 0 Å². The fourth-order valence-corrected chi connectivity index (χ4v) is 3.62. The lowest BCUT2D eigenvalue weighted by Gasteiger charge is -2.25.